The number of imide groups is 1. The van der Waals surface area contributed by atoms with E-state index in [1.54, 1.807) is 18.2 Å². The molecule has 9 heteroatoms. The van der Waals surface area contributed by atoms with Gasteiger partial charge in [0.25, 0.3) is 5.91 Å². The van der Waals surface area contributed by atoms with Crippen LogP contribution in [0, 0.1) is 0 Å². The standard InChI is InChI=1S/C24H26ClN3O5/c1-4-16-9-7-8-10-18(16)26-21(29)14-28-23(30)19(27-24(28)31)12-15-11-17(25)22(33-6-3)20(13-15)32-5-2/h7-13H,4-6,14H2,1-3H3,(H,26,29)(H,27,31)/b19-12+. The minimum Gasteiger partial charge on any atom is -0.490 e. The number of urea groups is 1. The summed E-state index contributed by atoms with van der Waals surface area (Å²) >= 11 is 6.33. The predicted molar refractivity (Wildman–Crippen MR) is 126 cm³/mol. The third-order valence-electron chi connectivity index (χ3n) is 4.87. The molecule has 0 saturated carbocycles. The molecule has 2 N–H and O–H groups in total. The maximum atomic E-state index is 12.8. The van der Waals surface area contributed by atoms with E-state index in [4.69, 9.17) is 21.1 Å². The van der Waals surface area contributed by atoms with E-state index in [2.05, 4.69) is 10.6 Å². The zero-order valence-electron chi connectivity index (χ0n) is 18.7. The minimum absolute atomic E-state index is 0.0319. The number of nitrogens with one attached hydrogen (secondary N) is 2. The molecule has 1 saturated heterocycles. The van der Waals surface area contributed by atoms with Crippen molar-refractivity contribution in [2.75, 3.05) is 25.1 Å². The number of halogens is 1. The Labute approximate surface area is 197 Å². The van der Waals surface area contributed by atoms with Gasteiger partial charge in [0.05, 0.1) is 18.2 Å². The highest BCUT2D eigenvalue weighted by Crippen LogP contribution is 2.37. The Bertz CT molecular complexity index is 1100. The highest BCUT2D eigenvalue weighted by molar-refractivity contribution is 6.32. The van der Waals surface area contributed by atoms with Gasteiger partial charge in [-0.3, -0.25) is 9.59 Å². The number of ether oxygens (including phenoxy) is 2. The monoisotopic (exact) mass is 471 g/mol. The Morgan fingerprint density at radius 2 is 1.85 bits per heavy atom. The molecule has 174 valence electrons. The SMILES string of the molecule is CCOc1cc(/C=C2/NC(=O)N(CC(=O)Nc3ccccc3CC)C2=O)cc(Cl)c1OCC. The number of hydrogen-bond acceptors (Lipinski definition) is 5. The molecule has 0 radical (unpaired) electrons. The molecule has 1 heterocycles. The van der Waals surface area contributed by atoms with E-state index in [1.165, 1.54) is 6.08 Å². The van der Waals surface area contributed by atoms with Crippen molar-refractivity contribution in [1.29, 1.82) is 0 Å². The van der Waals surface area contributed by atoms with Crippen LogP contribution in [0.1, 0.15) is 31.9 Å². The molecule has 2 aromatic carbocycles. The number of rotatable bonds is 9. The number of benzene rings is 2. The van der Waals surface area contributed by atoms with Crippen LogP contribution in [0.4, 0.5) is 10.5 Å². The normalized spacial score (nSPS) is 14.4. The summed E-state index contributed by atoms with van der Waals surface area (Å²) in [7, 11) is 0. The van der Waals surface area contributed by atoms with Gasteiger partial charge in [0.15, 0.2) is 11.5 Å². The first kappa shape index (κ1) is 24.1. The highest BCUT2D eigenvalue weighted by Gasteiger charge is 2.35. The summed E-state index contributed by atoms with van der Waals surface area (Å²) in [5.41, 5.74) is 2.18. The van der Waals surface area contributed by atoms with Crippen LogP contribution >= 0.6 is 11.6 Å². The molecule has 1 aliphatic heterocycles. The van der Waals surface area contributed by atoms with Crippen LogP contribution in [-0.2, 0) is 16.0 Å². The Hall–Kier alpha value is -3.52. The van der Waals surface area contributed by atoms with Crippen molar-refractivity contribution in [3.05, 3.63) is 58.2 Å². The molecule has 8 nitrogen and oxygen atoms in total. The Morgan fingerprint density at radius 3 is 2.55 bits per heavy atom. The van der Waals surface area contributed by atoms with Gasteiger partial charge >= 0.3 is 6.03 Å². The van der Waals surface area contributed by atoms with Gasteiger partial charge in [0, 0.05) is 5.69 Å². The molecule has 0 aromatic heterocycles. The van der Waals surface area contributed by atoms with Crippen LogP contribution in [0.3, 0.4) is 0 Å². The van der Waals surface area contributed by atoms with E-state index in [0.717, 1.165) is 16.9 Å². The lowest BCUT2D eigenvalue weighted by Gasteiger charge is -2.14. The van der Waals surface area contributed by atoms with Crippen molar-refractivity contribution in [2.45, 2.75) is 27.2 Å². The topological polar surface area (TPSA) is 97.0 Å². The maximum absolute atomic E-state index is 12.8. The second-order valence-electron chi connectivity index (χ2n) is 7.13. The average molecular weight is 472 g/mol. The minimum atomic E-state index is -0.674. The summed E-state index contributed by atoms with van der Waals surface area (Å²) in [5.74, 6) is -0.234. The molecule has 0 bridgehead atoms. The second kappa shape index (κ2) is 10.9. The van der Waals surface area contributed by atoms with Gasteiger partial charge in [0.2, 0.25) is 5.91 Å². The number of aryl methyl sites for hydroxylation is 1. The van der Waals surface area contributed by atoms with Crippen LogP contribution in [0.15, 0.2) is 42.1 Å². The first-order chi connectivity index (χ1) is 15.9. The summed E-state index contributed by atoms with van der Waals surface area (Å²) in [4.78, 5) is 38.5. The summed E-state index contributed by atoms with van der Waals surface area (Å²) in [6.45, 7) is 6.04. The fourth-order valence-corrected chi connectivity index (χ4v) is 3.66. The fraction of sp³-hybridized carbons (Fsp3) is 0.292. The quantitative estimate of drug-likeness (QED) is 0.421. The van der Waals surface area contributed by atoms with Crippen molar-refractivity contribution in [2.24, 2.45) is 0 Å². The second-order valence-corrected chi connectivity index (χ2v) is 7.54. The van der Waals surface area contributed by atoms with Crippen LogP contribution in [-0.4, -0.2) is 42.5 Å². The molecule has 0 atom stereocenters. The Balaban J connectivity index is 1.77. The summed E-state index contributed by atoms with van der Waals surface area (Å²) in [6.07, 6.45) is 2.22. The van der Waals surface area contributed by atoms with Gasteiger partial charge in [-0.1, -0.05) is 36.7 Å². The maximum Gasteiger partial charge on any atom is 0.329 e. The molecule has 2 aromatic rings. The van der Waals surface area contributed by atoms with E-state index < -0.39 is 24.4 Å². The summed E-state index contributed by atoms with van der Waals surface area (Å²) in [5, 5.41) is 5.59. The van der Waals surface area contributed by atoms with Crippen molar-refractivity contribution >= 4 is 41.2 Å². The summed E-state index contributed by atoms with van der Waals surface area (Å²) < 4.78 is 11.1. The lowest BCUT2D eigenvalue weighted by molar-refractivity contribution is -0.127. The molecule has 0 aliphatic carbocycles. The first-order valence-electron chi connectivity index (χ1n) is 10.7. The van der Waals surface area contributed by atoms with Gasteiger partial charge in [0.1, 0.15) is 12.2 Å². The third kappa shape index (κ3) is 5.64. The number of anilines is 1. The molecule has 0 unspecified atom stereocenters. The van der Waals surface area contributed by atoms with Crippen molar-refractivity contribution in [1.82, 2.24) is 10.2 Å². The van der Waals surface area contributed by atoms with Crippen LogP contribution in [0.2, 0.25) is 5.02 Å². The van der Waals surface area contributed by atoms with Gasteiger partial charge < -0.3 is 20.1 Å². The summed E-state index contributed by atoms with van der Waals surface area (Å²) in [6, 6.07) is 9.98. The number of carbonyl (C=O) groups excluding carboxylic acids is 3. The highest BCUT2D eigenvalue weighted by atomic mass is 35.5. The van der Waals surface area contributed by atoms with Gasteiger partial charge in [-0.25, -0.2) is 9.69 Å². The van der Waals surface area contributed by atoms with Gasteiger partial charge in [-0.15, -0.1) is 0 Å². The Morgan fingerprint density at radius 1 is 1.12 bits per heavy atom. The number of carbonyl (C=O) groups is 3. The van der Waals surface area contributed by atoms with Crippen LogP contribution in [0.5, 0.6) is 11.5 Å². The van der Waals surface area contributed by atoms with Gasteiger partial charge in [-0.05, 0) is 55.7 Å². The van der Waals surface area contributed by atoms with E-state index in [-0.39, 0.29) is 5.70 Å². The zero-order valence-corrected chi connectivity index (χ0v) is 19.5. The van der Waals surface area contributed by atoms with Gasteiger partial charge in [-0.2, -0.15) is 0 Å². The molecule has 4 amide bonds. The Kier molecular flexibility index (Phi) is 7.95. The van der Waals surface area contributed by atoms with Crippen molar-refractivity contribution in [3.63, 3.8) is 0 Å². The largest absolute Gasteiger partial charge is 0.490 e. The van der Waals surface area contributed by atoms with Crippen LogP contribution < -0.4 is 20.1 Å². The van der Waals surface area contributed by atoms with E-state index in [0.29, 0.717) is 41.0 Å². The molecule has 33 heavy (non-hydrogen) atoms. The number of nitrogens with zero attached hydrogens (tertiary/aromatic N) is 1. The number of hydrogen-bond donors (Lipinski definition) is 2. The number of para-hydroxylation sites is 1. The van der Waals surface area contributed by atoms with Crippen LogP contribution in [0.25, 0.3) is 6.08 Å². The van der Waals surface area contributed by atoms with Crippen molar-refractivity contribution in [3.8, 4) is 11.5 Å². The molecule has 0 spiro atoms. The van der Waals surface area contributed by atoms with E-state index >= 15 is 0 Å². The molecule has 1 fully saturated rings. The molecule has 1 aliphatic rings. The molecule has 3 rings (SSSR count). The lowest BCUT2D eigenvalue weighted by Crippen LogP contribution is -2.38. The predicted octanol–water partition coefficient (Wildman–Crippen LogP) is 4.23. The lowest BCUT2D eigenvalue weighted by atomic mass is 10.1. The van der Waals surface area contributed by atoms with E-state index in [9.17, 15) is 14.4 Å². The molecular formula is C24H26ClN3O5. The fourth-order valence-electron chi connectivity index (χ4n) is 3.38. The van der Waals surface area contributed by atoms with Crippen molar-refractivity contribution < 1.29 is 23.9 Å². The average Bonchev–Trinajstić information content (AvgIpc) is 3.04. The number of amides is 4. The smallest absolute Gasteiger partial charge is 0.329 e. The zero-order chi connectivity index (χ0) is 24.0. The van der Waals surface area contributed by atoms with E-state index in [1.807, 2.05) is 39.0 Å². The third-order valence-corrected chi connectivity index (χ3v) is 5.15. The molecular weight excluding hydrogens is 446 g/mol. The first-order valence-corrected chi connectivity index (χ1v) is 11.1.